The number of nitrogens with one attached hydrogen (secondary N) is 3. The Kier molecular flexibility index (Phi) is 6.18. The lowest BCUT2D eigenvalue weighted by Crippen LogP contribution is -2.41. The van der Waals surface area contributed by atoms with Crippen LogP contribution in [0.5, 0.6) is 0 Å². The third-order valence-electron chi connectivity index (χ3n) is 4.57. The number of hydrogen-bond acceptors (Lipinski definition) is 5. The summed E-state index contributed by atoms with van der Waals surface area (Å²) in [6.07, 6.45) is 0. The van der Waals surface area contributed by atoms with E-state index in [0.29, 0.717) is 11.1 Å². The number of rotatable bonds is 6. The summed E-state index contributed by atoms with van der Waals surface area (Å²) >= 11 is 0. The molecular formula is C20H23N5O4S. The number of imidazole rings is 1. The van der Waals surface area contributed by atoms with Crippen LogP contribution in [0.2, 0.25) is 0 Å². The minimum Gasteiger partial charge on any atom is -0.329 e. The second kappa shape index (κ2) is 8.64. The van der Waals surface area contributed by atoms with Crippen molar-refractivity contribution in [2.75, 3.05) is 6.54 Å². The number of aryl methyl sites for hydroxylation is 2. The quantitative estimate of drug-likeness (QED) is 0.515. The summed E-state index contributed by atoms with van der Waals surface area (Å²) in [5.74, 6) is -0.193. The van der Waals surface area contributed by atoms with Gasteiger partial charge in [-0.3, -0.25) is 20.4 Å². The zero-order valence-corrected chi connectivity index (χ0v) is 17.7. The first-order valence-corrected chi connectivity index (χ1v) is 10.9. The van der Waals surface area contributed by atoms with Gasteiger partial charge in [-0.15, -0.1) is 0 Å². The highest BCUT2D eigenvalue weighted by atomic mass is 32.2. The fourth-order valence-electron chi connectivity index (χ4n) is 3.11. The molecule has 3 N–H and O–H groups in total. The molecule has 0 saturated carbocycles. The van der Waals surface area contributed by atoms with E-state index in [1.165, 1.54) is 24.3 Å². The molecule has 158 valence electrons. The molecule has 1 heterocycles. The van der Waals surface area contributed by atoms with Crippen LogP contribution < -0.4 is 15.6 Å². The third kappa shape index (κ3) is 4.34. The van der Waals surface area contributed by atoms with E-state index < -0.39 is 21.8 Å². The van der Waals surface area contributed by atoms with Gasteiger partial charge in [-0.25, -0.2) is 18.1 Å². The number of carbonyl (C=O) groups is 2. The SMILES string of the molecule is CCNS(=O)(=O)c1ccc(C(=O)NNC(=O)c2ccc3c(c2)nc(C)n3CC)cc1. The number of sulfonamides is 1. The summed E-state index contributed by atoms with van der Waals surface area (Å²) in [6, 6.07) is 10.5. The van der Waals surface area contributed by atoms with Gasteiger partial charge >= 0.3 is 0 Å². The van der Waals surface area contributed by atoms with Gasteiger partial charge in [0.1, 0.15) is 5.82 Å². The Labute approximate surface area is 174 Å². The fourth-order valence-corrected chi connectivity index (χ4v) is 4.15. The number of benzene rings is 2. The molecule has 0 saturated heterocycles. The summed E-state index contributed by atoms with van der Waals surface area (Å²) < 4.78 is 28.3. The predicted octanol–water partition coefficient (Wildman–Crippen LogP) is 1.74. The molecule has 0 aliphatic carbocycles. The van der Waals surface area contributed by atoms with E-state index in [-0.39, 0.29) is 17.0 Å². The molecule has 1 aromatic heterocycles. The Balaban J connectivity index is 1.67. The highest BCUT2D eigenvalue weighted by molar-refractivity contribution is 7.89. The number of fused-ring (bicyclic) bond motifs is 1. The molecule has 0 aliphatic heterocycles. The predicted molar refractivity (Wildman–Crippen MR) is 112 cm³/mol. The maximum Gasteiger partial charge on any atom is 0.269 e. The minimum absolute atomic E-state index is 0.0556. The van der Waals surface area contributed by atoms with E-state index in [2.05, 4.69) is 20.6 Å². The molecule has 2 amide bonds. The summed E-state index contributed by atoms with van der Waals surface area (Å²) in [4.78, 5) is 29.2. The number of amides is 2. The second-order valence-electron chi connectivity index (χ2n) is 6.54. The van der Waals surface area contributed by atoms with Crippen LogP contribution in [0.1, 0.15) is 40.4 Å². The van der Waals surface area contributed by atoms with Crippen molar-refractivity contribution < 1.29 is 18.0 Å². The number of nitrogens with zero attached hydrogens (tertiary/aromatic N) is 2. The third-order valence-corrected chi connectivity index (χ3v) is 6.13. The Morgan fingerprint density at radius 1 is 0.967 bits per heavy atom. The Hall–Kier alpha value is -3.24. The second-order valence-corrected chi connectivity index (χ2v) is 8.31. The van der Waals surface area contributed by atoms with Crippen molar-refractivity contribution in [3.05, 3.63) is 59.4 Å². The zero-order chi connectivity index (χ0) is 21.9. The first-order valence-electron chi connectivity index (χ1n) is 9.44. The fraction of sp³-hybridized carbons (Fsp3) is 0.250. The molecule has 0 bridgehead atoms. The van der Waals surface area contributed by atoms with Gasteiger partial charge in [0.2, 0.25) is 10.0 Å². The van der Waals surface area contributed by atoms with Gasteiger partial charge in [0, 0.05) is 24.2 Å². The number of carbonyl (C=O) groups excluding carboxylic acids is 2. The van der Waals surface area contributed by atoms with Crippen molar-refractivity contribution in [2.45, 2.75) is 32.2 Å². The van der Waals surface area contributed by atoms with Crippen LogP contribution >= 0.6 is 0 Å². The van der Waals surface area contributed by atoms with Gasteiger partial charge in [-0.2, -0.15) is 0 Å². The van der Waals surface area contributed by atoms with E-state index in [9.17, 15) is 18.0 Å². The van der Waals surface area contributed by atoms with Gasteiger partial charge in [0.15, 0.2) is 0 Å². The molecule has 0 aliphatic rings. The normalized spacial score (nSPS) is 11.4. The molecule has 0 atom stereocenters. The molecular weight excluding hydrogens is 406 g/mol. The lowest BCUT2D eigenvalue weighted by Gasteiger charge is -2.09. The van der Waals surface area contributed by atoms with Gasteiger partial charge in [0.25, 0.3) is 11.8 Å². The average Bonchev–Trinajstić information content (AvgIpc) is 3.05. The van der Waals surface area contributed by atoms with Crippen LogP contribution in [0.25, 0.3) is 11.0 Å². The van der Waals surface area contributed by atoms with Crippen molar-refractivity contribution >= 4 is 32.9 Å². The van der Waals surface area contributed by atoms with Crippen molar-refractivity contribution in [1.29, 1.82) is 0 Å². The van der Waals surface area contributed by atoms with Crippen molar-refractivity contribution in [3.8, 4) is 0 Å². The Morgan fingerprint density at radius 2 is 1.57 bits per heavy atom. The maximum atomic E-state index is 12.4. The van der Waals surface area contributed by atoms with Crippen LogP contribution in [0, 0.1) is 6.92 Å². The molecule has 0 unspecified atom stereocenters. The summed E-state index contributed by atoms with van der Waals surface area (Å²) in [5, 5.41) is 0. The lowest BCUT2D eigenvalue weighted by atomic mass is 10.2. The molecule has 0 spiro atoms. The summed E-state index contributed by atoms with van der Waals surface area (Å²) in [6.45, 7) is 6.64. The van der Waals surface area contributed by atoms with Gasteiger partial charge < -0.3 is 4.57 Å². The Morgan fingerprint density at radius 3 is 2.17 bits per heavy atom. The molecule has 3 aromatic rings. The van der Waals surface area contributed by atoms with Crippen LogP contribution in [0.15, 0.2) is 47.4 Å². The van der Waals surface area contributed by atoms with Gasteiger partial charge in [-0.05, 0) is 56.3 Å². The first kappa shape index (κ1) is 21.5. The molecule has 0 radical (unpaired) electrons. The molecule has 3 rings (SSSR count). The number of aromatic nitrogens is 2. The molecule has 30 heavy (non-hydrogen) atoms. The largest absolute Gasteiger partial charge is 0.329 e. The highest BCUT2D eigenvalue weighted by Gasteiger charge is 2.15. The number of hydrazine groups is 1. The van der Waals surface area contributed by atoms with Crippen molar-refractivity contribution in [1.82, 2.24) is 25.1 Å². The van der Waals surface area contributed by atoms with Crippen LogP contribution in [-0.2, 0) is 16.6 Å². The van der Waals surface area contributed by atoms with E-state index in [1.807, 2.05) is 24.5 Å². The minimum atomic E-state index is -3.60. The molecule has 2 aromatic carbocycles. The van der Waals surface area contributed by atoms with Crippen molar-refractivity contribution in [3.63, 3.8) is 0 Å². The monoisotopic (exact) mass is 429 g/mol. The lowest BCUT2D eigenvalue weighted by molar-refractivity contribution is 0.0846. The van der Waals surface area contributed by atoms with Crippen LogP contribution in [-0.4, -0.2) is 36.3 Å². The van der Waals surface area contributed by atoms with E-state index in [1.54, 1.807) is 19.1 Å². The van der Waals surface area contributed by atoms with Gasteiger partial charge in [0.05, 0.1) is 15.9 Å². The zero-order valence-electron chi connectivity index (χ0n) is 16.9. The van der Waals surface area contributed by atoms with Crippen LogP contribution in [0.3, 0.4) is 0 Å². The van der Waals surface area contributed by atoms with Crippen molar-refractivity contribution in [2.24, 2.45) is 0 Å². The summed E-state index contributed by atoms with van der Waals surface area (Å²) in [5.41, 5.74) is 6.88. The average molecular weight is 430 g/mol. The van der Waals surface area contributed by atoms with Crippen LogP contribution in [0.4, 0.5) is 0 Å². The highest BCUT2D eigenvalue weighted by Crippen LogP contribution is 2.17. The smallest absolute Gasteiger partial charge is 0.269 e. The van der Waals surface area contributed by atoms with E-state index in [4.69, 9.17) is 0 Å². The topological polar surface area (TPSA) is 122 Å². The van der Waals surface area contributed by atoms with E-state index in [0.717, 1.165) is 17.9 Å². The van der Waals surface area contributed by atoms with E-state index >= 15 is 0 Å². The number of hydrogen-bond donors (Lipinski definition) is 3. The maximum absolute atomic E-state index is 12.4. The van der Waals surface area contributed by atoms with Gasteiger partial charge in [-0.1, -0.05) is 6.92 Å². The Bertz CT molecular complexity index is 1200. The molecule has 0 fully saturated rings. The summed E-state index contributed by atoms with van der Waals surface area (Å²) in [7, 11) is -3.60. The molecule has 9 nitrogen and oxygen atoms in total. The standard InChI is InChI=1S/C20H23N5O4S/c1-4-21-30(28,29)16-9-6-14(7-10-16)19(26)23-24-20(27)15-8-11-18-17(12-15)22-13(3)25(18)5-2/h6-12,21H,4-5H2,1-3H3,(H,23,26)(H,24,27). The molecule has 10 heteroatoms. The first-order chi connectivity index (χ1) is 14.3.